The quantitative estimate of drug-likeness (QED) is 0.801. The summed E-state index contributed by atoms with van der Waals surface area (Å²) in [6.45, 7) is 5.30. The lowest BCUT2D eigenvalue weighted by Crippen LogP contribution is -2.50. The van der Waals surface area contributed by atoms with Gasteiger partial charge >= 0.3 is 0 Å². The maximum absolute atomic E-state index is 9.11. The minimum absolute atomic E-state index is 0.113. The lowest BCUT2D eigenvalue weighted by atomic mass is 9.85. The number of rotatable bonds is 2. The summed E-state index contributed by atoms with van der Waals surface area (Å²) in [5.74, 6) is 1.01. The molecule has 18 heavy (non-hydrogen) atoms. The van der Waals surface area contributed by atoms with Gasteiger partial charge in [0.05, 0.1) is 19.1 Å². The third kappa shape index (κ3) is 2.43. The highest BCUT2D eigenvalue weighted by Crippen LogP contribution is 2.35. The molecule has 0 aromatic heterocycles. The van der Waals surface area contributed by atoms with E-state index in [4.69, 9.17) is 10.00 Å². The maximum Gasteiger partial charge on any atom is 0.119 e. The van der Waals surface area contributed by atoms with Crippen molar-refractivity contribution < 1.29 is 4.74 Å². The van der Waals surface area contributed by atoms with Crippen molar-refractivity contribution in [2.24, 2.45) is 5.92 Å². The smallest absolute Gasteiger partial charge is 0.119 e. The number of ether oxygens (including phenoxy) is 1. The fraction of sp³-hybridized carbons (Fsp3) is 0.533. The van der Waals surface area contributed by atoms with Gasteiger partial charge in [0, 0.05) is 17.8 Å². The highest BCUT2D eigenvalue weighted by atomic mass is 16.5. The van der Waals surface area contributed by atoms with Crippen LogP contribution in [-0.2, 0) is 0 Å². The SMILES string of the molecule is COc1ccc(N2CC(C#N)CCC2(C)C)cc1. The second-order valence-corrected chi connectivity index (χ2v) is 5.49. The van der Waals surface area contributed by atoms with Gasteiger partial charge in [-0.3, -0.25) is 0 Å². The minimum Gasteiger partial charge on any atom is -0.497 e. The van der Waals surface area contributed by atoms with Crippen molar-refractivity contribution in [3.63, 3.8) is 0 Å². The molecule has 1 atom stereocenters. The molecule has 1 saturated heterocycles. The lowest BCUT2D eigenvalue weighted by molar-refractivity contribution is 0.325. The molecule has 0 amide bonds. The molecule has 1 aromatic rings. The molecule has 0 saturated carbocycles. The van der Waals surface area contributed by atoms with Crippen LogP contribution < -0.4 is 9.64 Å². The van der Waals surface area contributed by atoms with Gasteiger partial charge < -0.3 is 9.64 Å². The van der Waals surface area contributed by atoms with Crippen molar-refractivity contribution in [1.82, 2.24) is 0 Å². The fourth-order valence-corrected chi connectivity index (χ4v) is 2.54. The number of nitriles is 1. The number of hydrogen-bond donors (Lipinski definition) is 0. The van der Waals surface area contributed by atoms with Crippen LogP contribution in [0, 0.1) is 17.2 Å². The molecule has 1 aliphatic heterocycles. The van der Waals surface area contributed by atoms with E-state index in [1.54, 1.807) is 7.11 Å². The van der Waals surface area contributed by atoms with Crippen molar-refractivity contribution in [3.05, 3.63) is 24.3 Å². The fourth-order valence-electron chi connectivity index (χ4n) is 2.54. The summed E-state index contributed by atoms with van der Waals surface area (Å²) in [6.07, 6.45) is 2.05. The summed E-state index contributed by atoms with van der Waals surface area (Å²) in [5.41, 5.74) is 1.28. The lowest BCUT2D eigenvalue weighted by Gasteiger charge is -2.45. The Kier molecular flexibility index (Phi) is 3.47. The van der Waals surface area contributed by atoms with Gasteiger partial charge in [-0.2, -0.15) is 5.26 Å². The Morgan fingerprint density at radius 2 is 2.00 bits per heavy atom. The Bertz CT molecular complexity index is 445. The van der Waals surface area contributed by atoms with Gasteiger partial charge in [0.15, 0.2) is 0 Å². The molecule has 1 fully saturated rings. The van der Waals surface area contributed by atoms with Crippen molar-refractivity contribution in [2.75, 3.05) is 18.6 Å². The molecule has 0 spiro atoms. The second kappa shape index (κ2) is 4.89. The summed E-state index contributed by atoms with van der Waals surface area (Å²) in [7, 11) is 1.67. The first-order chi connectivity index (χ1) is 8.56. The minimum atomic E-state index is 0.113. The molecule has 3 heteroatoms. The number of benzene rings is 1. The van der Waals surface area contributed by atoms with Gasteiger partial charge in [-0.1, -0.05) is 0 Å². The van der Waals surface area contributed by atoms with E-state index in [0.29, 0.717) is 0 Å². The topological polar surface area (TPSA) is 36.3 Å². The highest BCUT2D eigenvalue weighted by Gasteiger charge is 2.34. The van der Waals surface area contributed by atoms with E-state index >= 15 is 0 Å². The van der Waals surface area contributed by atoms with Crippen molar-refractivity contribution >= 4 is 5.69 Å². The first-order valence-electron chi connectivity index (χ1n) is 6.38. The summed E-state index contributed by atoms with van der Waals surface area (Å²) >= 11 is 0. The Hall–Kier alpha value is -1.69. The van der Waals surface area contributed by atoms with Crippen LogP contribution in [-0.4, -0.2) is 19.2 Å². The third-order valence-corrected chi connectivity index (χ3v) is 3.80. The Balaban J connectivity index is 2.25. The zero-order valence-electron chi connectivity index (χ0n) is 11.3. The number of nitrogens with zero attached hydrogens (tertiary/aromatic N) is 2. The molecule has 1 aliphatic rings. The van der Waals surface area contributed by atoms with E-state index in [9.17, 15) is 0 Å². The Morgan fingerprint density at radius 1 is 1.33 bits per heavy atom. The van der Waals surface area contributed by atoms with E-state index < -0.39 is 0 Å². The molecule has 0 radical (unpaired) electrons. The van der Waals surface area contributed by atoms with Crippen LogP contribution in [0.3, 0.4) is 0 Å². The zero-order chi connectivity index (χ0) is 13.2. The van der Waals surface area contributed by atoms with Crippen LogP contribution >= 0.6 is 0 Å². The molecular weight excluding hydrogens is 224 g/mol. The number of piperidine rings is 1. The van der Waals surface area contributed by atoms with Crippen LogP contribution in [0.25, 0.3) is 0 Å². The van der Waals surface area contributed by atoms with Crippen molar-refractivity contribution in [1.29, 1.82) is 5.26 Å². The van der Waals surface area contributed by atoms with E-state index in [1.807, 2.05) is 12.1 Å². The normalized spacial score (nSPS) is 22.3. The largest absolute Gasteiger partial charge is 0.497 e. The average molecular weight is 244 g/mol. The Morgan fingerprint density at radius 3 is 2.56 bits per heavy atom. The van der Waals surface area contributed by atoms with Gasteiger partial charge in [-0.05, 0) is 51.0 Å². The first-order valence-corrected chi connectivity index (χ1v) is 6.38. The molecular formula is C15H20N2O. The van der Waals surface area contributed by atoms with Crippen LogP contribution in [0.15, 0.2) is 24.3 Å². The van der Waals surface area contributed by atoms with Gasteiger partial charge in [-0.15, -0.1) is 0 Å². The molecule has 1 unspecified atom stereocenters. The third-order valence-electron chi connectivity index (χ3n) is 3.80. The molecule has 2 rings (SSSR count). The summed E-state index contributed by atoms with van der Waals surface area (Å²) in [6, 6.07) is 10.5. The van der Waals surface area contributed by atoms with Crippen molar-refractivity contribution in [2.45, 2.75) is 32.2 Å². The molecule has 1 aromatic carbocycles. The predicted octanol–water partition coefficient (Wildman–Crippen LogP) is 3.21. The predicted molar refractivity (Wildman–Crippen MR) is 72.8 cm³/mol. The maximum atomic E-state index is 9.11. The summed E-state index contributed by atoms with van der Waals surface area (Å²) in [4.78, 5) is 2.34. The van der Waals surface area contributed by atoms with E-state index in [1.165, 1.54) is 5.69 Å². The molecule has 0 aliphatic carbocycles. The molecule has 3 nitrogen and oxygen atoms in total. The van der Waals surface area contributed by atoms with E-state index in [0.717, 1.165) is 25.1 Å². The van der Waals surface area contributed by atoms with Crippen molar-refractivity contribution in [3.8, 4) is 11.8 Å². The molecule has 1 heterocycles. The van der Waals surface area contributed by atoms with Gasteiger partial charge in [-0.25, -0.2) is 0 Å². The van der Waals surface area contributed by atoms with Gasteiger partial charge in [0.2, 0.25) is 0 Å². The van der Waals surface area contributed by atoms with Crippen LogP contribution in [0.4, 0.5) is 5.69 Å². The average Bonchev–Trinajstić information content (AvgIpc) is 2.39. The van der Waals surface area contributed by atoms with Crippen LogP contribution in [0.1, 0.15) is 26.7 Å². The summed E-state index contributed by atoms with van der Waals surface area (Å²) < 4.78 is 5.18. The van der Waals surface area contributed by atoms with E-state index in [-0.39, 0.29) is 11.5 Å². The number of anilines is 1. The monoisotopic (exact) mass is 244 g/mol. The van der Waals surface area contributed by atoms with Gasteiger partial charge in [0.1, 0.15) is 5.75 Å². The molecule has 0 bridgehead atoms. The molecule has 0 N–H and O–H groups in total. The standard InChI is InChI=1S/C15H20N2O/c1-15(2)9-8-12(10-16)11-17(15)13-4-6-14(18-3)7-5-13/h4-7,12H,8-9,11H2,1-3H3. The van der Waals surface area contributed by atoms with Gasteiger partial charge in [0.25, 0.3) is 0 Å². The summed E-state index contributed by atoms with van der Waals surface area (Å²) in [5, 5.41) is 9.11. The Labute approximate surface area is 109 Å². The van der Waals surface area contributed by atoms with Crippen LogP contribution in [0.2, 0.25) is 0 Å². The first kappa shape index (κ1) is 12.8. The number of hydrogen-bond acceptors (Lipinski definition) is 3. The number of methoxy groups -OCH3 is 1. The molecule has 96 valence electrons. The zero-order valence-corrected chi connectivity index (χ0v) is 11.3. The second-order valence-electron chi connectivity index (χ2n) is 5.49. The van der Waals surface area contributed by atoms with Crippen LogP contribution in [0.5, 0.6) is 5.75 Å². The van der Waals surface area contributed by atoms with E-state index in [2.05, 4.69) is 36.9 Å². The highest BCUT2D eigenvalue weighted by molar-refractivity contribution is 5.52.